The summed E-state index contributed by atoms with van der Waals surface area (Å²) in [4.78, 5) is 0. The van der Waals surface area contributed by atoms with Gasteiger partial charge in [0.05, 0.1) is 5.56 Å². The van der Waals surface area contributed by atoms with E-state index in [4.69, 9.17) is 10.5 Å². The third-order valence-corrected chi connectivity index (χ3v) is 3.43. The summed E-state index contributed by atoms with van der Waals surface area (Å²) in [6, 6.07) is 7.05. The van der Waals surface area contributed by atoms with Gasteiger partial charge in [0.25, 0.3) is 0 Å². The van der Waals surface area contributed by atoms with Crippen molar-refractivity contribution in [1.82, 2.24) is 0 Å². The third-order valence-electron chi connectivity index (χ3n) is 3.43. The fourth-order valence-electron chi connectivity index (χ4n) is 2.47. The second-order valence-electron chi connectivity index (χ2n) is 4.77. The van der Waals surface area contributed by atoms with Gasteiger partial charge in [0, 0.05) is 18.0 Å². The molecule has 5 heteroatoms. The molecule has 0 spiro atoms. The normalized spacial score (nSPS) is 21.2. The standard InChI is InChI=1S/C15H12F3NO/c16-8-4-5-13-9(6-8)12(19)7-14(20-13)15-10(17)2-1-3-11(15)18/h1-6,12,14H,7,19H2. The predicted molar refractivity (Wildman–Crippen MR) is 67.7 cm³/mol. The number of hydrogen-bond acceptors (Lipinski definition) is 2. The maximum absolute atomic E-state index is 13.8. The van der Waals surface area contributed by atoms with Crippen molar-refractivity contribution in [2.75, 3.05) is 0 Å². The molecule has 3 rings (SSSR count). The van der Waals surface area contributed by atoms with Crippen molar-refractivity contribution in [1.29, 1.82) is 0 Å². The van der Waals surface area contributed by atoms with Gasteiger partial charge in [-0.3, -0.25) is 0 Å². The Morgan fingerprint density at radius 3 is 2.45 bits per heavy atom. The topological polar surface area (TPSA) is 35.2 Å². The van der Waals surface area contributed by atoms with E-state index in [1.807, 2.05) is 0 Å². The van der Waals surface area contributed by atoms with Crippen LogP contribution < -0.4 is 10.5 Å². The molecule has 0 radical (unpaired) electrons. The van der Waals surface area contributed by atoms with Gasteiger partial charge in [0.15, 0.2) is 0 Å². The Morgan fingerprint density at radius 2 is 1.75 bits per heavy atom. The number of nitrogens with two attached hydrogens (primary N) is 1. The lowest BCUT2D eigenvalue weighted by atomic mass is 9.93. The predicted octanol–water partition coefficient (Wildman–Crippen LogP) is 3.63. The molecule has 0 bridgehead atoms. The number of hydrogen-bond donors (Lipinski definition) is 1. The van der Waals surface area contributed by atoms with Crippen LogP contribution >= 0.6 is 0 Å². The summed E-state index contributed by atoms with van der Waals surface area (Å²) in [5.74, 6) is -1.41. The molecule has 2 N–H and O–H groups in total. The van der Waals surface area contributed by atoms with Gasteiger partial charge in [-0.25, -0.2) is 13.2 Å². The van der Waals surface area contributed by atoms with Crippen LogP contribution in [0.1, 0.15) is 29.7 Å². The lowest BCUT2D eigenvalue weighted by Gasteiger charge is -2.30. The Labute approximate surface area is 114 Å². The molecule has 0 fully saturated rings. The fourth-order valence-corrected chi connectivity index (χ4v) is 2.47. The van der Waals surface area contributed by atoms with Crippen molar-refractivity contribution in [3.63, 3.8) is 0 Å². The molecule has 0 amide bonds. The maximum Gasteiger partial charge on any atom is 0.133 e. The SMILES string of the molecule is NC1CC(c2c(F)cccc2F)Oc2ccc(F)cc21. The summed E-state index contributed by atoms with van der Waals surface area (Å²) >= 11 is 0. The van der Waals surface area contributed by atoms with Crippen molar-refractivity contribution >= 4 is 0 Å². The van der Waals surface area contributed by atoms with E-state index >= 15 is 0 Å². The zero-order chi connectivity index (χ0) is 14.3. The summed E-state index contributed by atoms with van der Waals surface area (Å²) in [7, 11) is 0. The van der Waals surface area contributed by atoms with Crippen LogP contribution in [0.3, 0.4) is 0 Å². The number of fused-ring (bicyclic) bond motifs is 1. The number of halogens is 3. The van der Waals surface area contributed by atoms with Crippen molar-refractivity contribution in [2.45, 2.75) is 18.6 Å². The van der Waals surface area contributed by atoms with Gasteiger partial charge >= 0.3 is 0 Å². The van der Waals surface area contributed by atoms with Crippen molar-refractivity contribution in [3.05, 3.63) is 65.0 Å². The second kappa shape index (κ2) is 4.83. The van der Waals surface area contributed by atoms with Crippen LogP contribution in [-0.2, 0) is 0 Å². The van der Waals surface area contributed by atoms with E-state index in [2.05, 4.69) is 0 Å². The monoisotopic (exact) mass is 279 g/mol. The average Bonchev–Trinajstić information content (AvgIpc) is 2.39. The molecule has 0 aliphatic carbocycles. The summed E-state index contributed by atoms with van der Waals surface area (Å²) in [6.45, 7) is 0. The Hall–Kier alpha value is -2.01. The van der Waals surface area contributed by atoms with Gasteiger partial charge in [0.2, 0.25) is 0 Å². The highest BCUT2D eigenvalue weighted by molar-refractivity contribution is 5.39. The zero-order valence-electron chi connectivity index (χ0n) is 10.4. The van der Waals surface area contributed by atoms with Crippen molar-refractivity contribution in [2.24, 2.45) is 5.73 Å². The highest BCUT2D eigenvalue weighted by Gasteiger charge is 2.31. The lowest BCUT2D eigenvalue weighted by molar-refractivity contribution is 0.152. The van der Waals surface area contributed by atoms with Crippen LogP contribution in [0.5, 0.6) is 5.75 Å². The smallest absolute Gasteiger partial charge is 0.133 e. The van der Waals surface area contributed by atoms with Crippen molar-refractivity contribution in [3.8, 4) is 5.75 Å². The Morgan fingerprint density at radius 1 is 1.05 bits per heavy atom. The van der Waals surface area contributed by atoms with E-state index in [1.165, 1.54) is 36.4 Å². The molecule has 1 aliphatic rings. The minimum absolute atomic E-state index is 0.141. The van der Waals surface area contributed by atoms with Crippen LogP contribution in [0.2, 0.25) is 0 Å². The first-order valence-electron chi connectivity index (χ1n) is 6.22. The molecule has 2 aromatic carbocycles. The molecule has 2 nitrogen and oxygen atoms in total. The van der Waals surface area contributed by atoms with E-state index in [0.29, 0.717) is 11.3 Å². The molecule has 20 heavy (non-hydrogen) atoms. The zero-order valence-corrected chi connectivity index (χ0v) is 10.4. The van der Waals surface area contributed by atoms with Crippen LogP contribution in [-0.4, -0.2) is 0 Å². The molecule has 2 unspecified atom stereocenters. The minimum Gasteiger partial charge on any atom is -0.485 e. The number of benzene rings is 2. The van der Waals surface area contributed by atoms with E-state index in [1.54, 1.807) is 0 Å². The van der Waals surface area contributed by atoms with Gasteiger partial charge in [-0.2, -0.15) is 0 Å². The van der Waals surface area contributed by atoms with Gasteiger partial charge in [-0.05, 0) is 30.3 Å². The molecule has 0 saturated carbocycles. The van der Waals surface area contributed by atoms with Gasteiger partial charge in [-0.1, -0.05) is 6.07 Å². The first-order valence-corrected chi connectivity index (χ1v) is 6.22. The van der Waals surface area contributed by atoms with Crippen molar-refractivity contribution < 1.29 is 17.9 Å². The quantitative estimate of drug-likeness (QED) is 0.865. The first-order chi connectivity index (χ1) is 9.56. The molecule has 0 aromatic heterocycles. The maximum atomic E-state index is 13.8. The summed E-state index contributed by atoms with van der Waals surface area (Å²) in [5.41, 5.74) is 6.32. The lowest BCUT2D eigenvalue weighted by Crippen LogP contribution is -2.25. The van der Waals surface area contributed by atoms with Crippen LogP contribution in [0.15, 0.2) is 36.4 Å². The molecule has 2 atom stereocenters. The summed E-state index contributed by atoms with van der Waals surface area (Å²) < 4.78 is 46.3. The largest absolute Gasteiger partial charge is 0.485 e. The summed E-state index contributed by atoms with van der Waals surface area (Å²) in [5, 5.41) is 0. The first kappa shape index (κ1) is 13.0. The Balaban J connectivity index is 2.01. The highest BCUT2D eigenvalue weighted by Crippen LogP contribution is 2.41. The summed E-state index contributed by atoms with van der Waals surface area (Å²) in [6.07, 6.45) is -0.627. The molecule has 2 aromatic rings. The van der Waals surface area contributed by atoms with E-state index in [-0.39, 0.29) is 12.0 Å². The molecule has 104 valence electrons. The molecule has 1 aliphatic heterocycles. The molecular formula is C15H12F3NO. The van der Waals surface area contributed by atoms with Crippen LogP contribution in [0.25, 0.3) is 0 Å². The minimum atomic E-state index is -0.816. The van der Waals surface area contributed by atoms with Crippen LogP contribution in [0.4, 0.5) is 13.2 Å². The molecular weight excluding hydrogens is 267 g/mol. The number of ether oxygens (including phenoxy) is 1. The van der Waals surface area contributed by atoms with E-state index in [0.717, 1.165) is 0 Å². The second-order valence-corrected chi connectivity index (χ2v) is 4.77. The highest BCUT2D eigenvalue weighted by atomic mass is 19.1. The van der Waals surface area contributed by atoms with Gasteiger partial charge in [-0.15, -0.1) is 0 Å². The van der Waals surface area contributed by atoms with Gasteiger partial charge in [0.1, 0.15) is 29.3 Å². The Kier molecular flexibility index (Phi) is 3.14. The van der Waals surface area contributed by atoms with Gasteiger partial charge < -0.3 is 10.5 Å². The fraction of sp³-hybridized carbons (Fsp3) is 0.200. The number of rotatable bonds is 1. The average molecular weight is 279 g/mol. The third kappa shape index (κ3) is 2.14. The molecule has 0 saturated heterocycles. The van der Waals surface area contributed by atoms with E-state index in [9.17, 15) is 13.2 Å². The van der Waals surface area contributed by atoms with Crippen LogP contribution in [0, 0.1) is 17.5 Å². The molecule has 1 heterocycles. The van der Waals surface area contributed by atoms with E-state index < -0.39 is 29.6 Å². The Bertz CT molecular complexity index is 639.